The van der Waals surface area contributed by atoms with E-state index in [1.165, 1.54) is 12.4 Å². The maximum Gasteiger partial charge on any atom is 0.200 e. The van der Waals surface area contributed by atoms with Gasteiger partial charge in [0.2, 0.25) is 5.82 Å². The lowest BCUT2D eigenvalue weighted by molar-refractivity contribution is 0.375. The normalized spacial score (nSPS) is 11.1. The van der Waals surface area contributed by atoms with Crippen molar-refractivity contribution in [3.63, 3.8) is 0 Å². The maximum absolute atomic E-state index is 13.5. The minimum Gasteiger partial charge on any atom is -0.318 e. The minimum absolute atomic E-state index is 0.680. The quantitative estimate of drug-likeness (QED) is 0.418. The van der Waals surface area contributed by atoms with Crippen LogP contribution in [0.5, 0.6) is 0 Å². The maximum atomic E-state index is 13.5. The van der Waals surface area contributed by atoms with Crippen LogP contribution in [-0.2, 0) is 0 Å². The average molecular weight is 261 g/mol. The fraction of sp³-hybridized carbons (Fsp3) is 0.167. The number of hydrogen-bond acceptors (Lipinski definition) is 0. The van der Waals surface area contributed by atoms with Gasteiger partial charge in [-0.05, 0) is 25.0 Å². The number of benzene rings is 1. The van der Waals surface area contributed by atoms with Crippen molar-refractivity contribution < 1.29 is 22.0 Å². The molecule has 0 aliphatic heterocycles. The molecule has 1 heterocycles. The van der Waals surface area contributed by atoms with Crippen molar-refractivity contribution in [2.24, 2.45) is 0 Å². The largest absolute Gasteiger partial charge is 0.318 e. The molecule has 1 nitrogen and oxygen atoms in total. The Balaban J connectivity index is 2.79. The van der Waals surface area contributed by atoms with Crippen LogP contribution in [0.25, 0.3) is 5.69 Å². The molecule has 96 valence electrons. The van der Waals surface area contributed by atoms with Crippen LogP contribution in [0.3, 0.4) is 0 Å². The molecule has 0 saturated carbocycles. The second kappa shape index (κ2) is 4.12. The molecule has 0 saturated heterocycles. The van der Waals surface area contributed by atoms with E-state index in [-0.39, 0.29) is 0 Å². The molecule has 1 aromatic heterocycles. The Labute approximate surface area is 99.5 Å². The summed E-state index contributed by atoms with van der Waals surface area (Å²) in [6.07, 6.45) is 2.60. The number of nitrogens with zero attached hydrogens (tertiary/aromatic N) is 1. The van der Waals surface area contributed by atoms with E-state index in [1.54, 1.807) is 13.8 Å². The average Bonchev–Trinajstić information content (AvgIpc) is 2.64. The Bertz CT molecular complexity index is 581. The topological polar surface area (TPSA) is 4.93 Å². The summed E-state index contributed by atoms with van der Waals surface area (Å²) in [5.41, 5.74) is 0.389. The molecule has 0 spiro atoms. The zero-order valence-electron chi connectivity index (χ0n) is 9.49. The van der Waals surface area contributed by atoms with Crippen molar-refractivity contribution in [1.29, 1.82) is 0 Å². The van der Waals surface area contributed by atoms with Gasteiger partial charge in [-0.1, -0.05) is 0 Å². The predicted octanol–water partition coefficient (Wildman–Crippen LogP) is 3.79. The number of rotatable bonds is 1. The summed E-state index contributed by atoms with van der Waals surface area (Å²) in [7, 11) is 0. The Morgan fingerprint density at radius 3 is 1.39 bits per heavy atom. The van der Waals surface area contributed by atoms with Gasteiger partial charge in [-0.3, -0.25) is 0 Å². The molecule has 6 heteroatoms. The second-order valence-electron chi connectivity index (χ2n) is 3.95. The van der Waals surface area contributed by atoms with Crippen LogP contribution in [-0.4, -0.2) is 4.57 Å². The zero-order chi connectivity index (χ0) is 13.6. The molecule has 18 heavy (non-hydrogen) atoms. The summed E-state index contributed by atoms with van der Waals surface area (Å²) < 4.78 is 66.8. The van der Waals surface area contributed by atoms with Crippen LogP contribution in [0, 0.1) is 42.9 Å². The Hall–Kier alpha value is -1.85. The summed E-state index contributed by atoms with van der Waals surface area (Å²) >= 11 is 0. The van der Waals surface area contributed by atoms with Gasteiger partial charge in [-0.15, -0.1) is 0 Å². The first kappa shape index (κ1) is 12.6. The monoisotopic (exact) mass is 261 g/mol. The minimum atomic E-state index is -2.16. The number of halogens is 5. The molecule has 2 aromatic rings. The highest BCUT2D eigenvalue weighted by Gasteiger charge is 2.26. The lowest BCUT2D eigenvalue weighted by Gasteiger charge is -2.08. The molecule has 0 radical (unpaired) electrons. The van der Waals surface area contributed by atoms with Gasteiger partial charge in [-0.2, -0.15) is 0 Å². The summed E-state index contributed by atoms with van der Waals surface area (Å²) in [4.78, 5) is 0. The lowest BCUT2D eigenvalue weighted by Crippen LogP contribution is -2.08. The van der Waals surface area contributed by atoms with Crippen molar-refractivity contribution in [3.8, 4) is 5.69 Å². The lowest BCUT2D eigenvalue weighted by atomic mass is 10.2. The number of aryl methyl sites for hydroxylation is 2. The Morgan fingerprint density at radius 1 is 0.667 bits per heavy atom. The highest BCUT2D eigenvalue weighted by molar-refractivity contribution is 5.40. The van der Waals surface area contributed by atoms with Crippen LogP contribution in [0.1, 0.15) is 11.1 Å². The van der Waals surface area contributed by atoms with Gasteiger partial charge in [0.05, 0.1) is 0 Å². The van der Waals surface area contributed by atoms with Crippen molar-refractivity contribution in [2.45, 2.75) is 13.8 Å². The van der Waals surface area contributed by atoms with E-state index >= 15 is 0 Å². The molecule has 0 bridgehead atoms. The van der Waals surface area contributed by atoms with E-state index in [0.717, 1.165) is 4.57 Å². The molecular formula is C12H8F5N. The first-order valence-electron chi connectivity index (χ1n) is 5.01. The predicted molar refractivity (Wildman–Crippen MR) is 55.0 cm³/mol. The van der Waals surface area contributed by atoms with Crippen LogP contribution >= 0.6 is 0 Å². The van der Waals surface area contributed by atoms with Gasteiger partial charge < -0.3 is 4.57 Å². The van der Waals surface area contributed by atoms with E-state index in [4.69, 9.17) is 0 Å². The van der Waals surface area contributed by atoms with Crippen LogP contribution in [0.4, 0.5) is 22.0 Å². The van der Waals surface area contributed by atoms with E-state index in [1.807, 2.05) is 0 Å². The standard InChI is InChI=1S/C12H8F5N/c1-5-3-18(4-6(5)2)12-10(16)8(14)7(13)9(15)11(12)17/h3-4H,1-2H3. The summed E-state index contributed by atoms with van der Waals surface area (Å²) in [6, 6.07) is 0. The third-order valence-electron chi connectivity index (χ3n) is 2.73. The van der Waals surface area contributed by atoms with Crippen LogP contribution in [0.2, 0.25) is 0 Å². The first-order chi connectivity index (χ1) is 8.34. The highest BCUT2D eigenvalue weighted by atomic mass is 19.2. The van der Waals surface area contributed by atoms with Gasteiger partial charge in [0.1, 0.15) is 5.69 Å². The third kappa shape index (κ3) is 1.68. The van der Waals surface area contributed by atoms with Gasteiger partial charge in [0.15, 0.2) is 23.3 Å². The van der Waals surface area contributed by atoms with E-state index < -0.39 is 34.8 Å². The fourth-order valence-electron chi connectivity index (χ4n) is 1.61. The third-order valence-corrected chi connectivity index (χ3v) is 2.73. The van der Waals surface area contributed by atoms with E-state index in [2.05, 4.69) is 0 Å². The second-order valence-corrected chi connectivity index (χ2v) is 3.95. The molecule has 0 aliphatic rings. The van der Waals surface area contributed by atoms with Crippen molar-refractivity contribution >= 4 is 0 Å². The molecule has 0 amide bonds. The molecule has 0 aliphatic carbocycles. The molecule has 2 rings (SSSR count). The molecule has 0 unspecified atom stereocenters. The number of aromatic nitrogens is 1. The molecule has 0 atom stereocenters. The van der Waals surface area contributed by atoms with Crippen molar-refractivity contribution in [2.75, 3.05) is 0 Å². The molecule has 0 N–H and O–H groups in total. The fourth-order valence-corrected chi connectivity index (χ4v) is 1.61. The Morgan fingerprint density at radius 2 is 1.00 bits per heavy atom. The summed E-state index contributed by atoms with van der Waals surface area (Å²) in [6.45, 7) is 3.33. The van der Waals surface area contributed by atoms with Crippen molar-refractivity contribution in [1.82, 2.24) is 4.57 Å². The SMILES string of the molecule is Cc1cn(-c2c(F)c(F)c(F)c(F)c2F)cc1C. The molecular weight excluding hydrogens is 253 g/mol. The van der Waals surface area contributed by atoms with Gasteiger partial charge in [-0.25, -0.2) is 22.0 Å². The van der Waals surface area contributed by atoms with Gasteiger partial charge >= 0.3 is 0 Å². The van der Waals surface area contributed by atoms with Crippen LogP contribution < -0.4 is 0 Å². The van der Waals surface area contributed by atoms with Crippen molar-refractivity contribution in [3.05, 3.63) is 52.6 Å². The Kier molecular flexibility index (Phi) is 2.88. The molecule has 1 aromatic carbocycles. The van der Waals surface area contributed by atoms with Gasteiger partial charge in [0, 0.05) is 12.4 Å². The summed E-state index contributed by atoms with van der Waals surface area (Å²) in [5.74, 6) is -9.75. The van der Waals surface area contributed by atoms with Crippen LogP contribution in [0.15, 0.2) is 12.4 Å². The smallest absolute Gasteiger partial charge is 0.200 e. The first-order valence-corrected chi connectivity index (χ1v) is 5.01. The molecule has 0 fully saturated rings. The highest BCUT2D eigenvalue weighted by Crippen LogP contribution is 2.27. The zero-order valence-corrected chi connectivity index (χ0v) is 9.49. The van der Waals surface area contributed by atoms with E-state index in [0.29, 0.717) is 11.1 Å². The summed E-state index contributed by atoms with van der Waals surface area (Å²) in [5, 5.41) is 0. The van der Waals surface area contributed by atoms with E-state index in [9.17, 15) is 22.0 Å². The number of hydrogen-bond donors (Lipinski definition) is 0. The van der Waals surface area contributed by atoms with Gasteiger partial charge in [0.25, 0.3) is 0 Å².